The van der Waals surface area contributed by atoms with Crippen molar-refractivity contribution in [1.82, 2.24) is 4.90 Å². The first kappa shape index (κ1) is 12.3. The Morgan fingerprint density at radius 3 is 2.50 bits per heavy atom. The number of imide groups is 1. The first-order chi connectivity index (χ1) is 7.29. The quantitative estimate of drug-likeness (QED) is 0.745. The van der Waals surface area contributed by atoms with Crippen molar-refractivity contribution in [1.29, 1.82) is 5.26 Å². The van der Waals surface area contributed by atoms with Crippen LogP contribution in [0.2, 0.25) is 0 Å². The summed E-state index contributed by atoms with van der Waals surface area (Å²) in [6, 6.07) is -0.773. The average Bonchev–Trinajstić information content (AvgIpc) is 2.44. The maximum atomic E-state index is 12.4. The van der Waals surface area contributed by atoms with Crippen LogP contribution in [0.25, 0.3) is 0 Å². The van der Waals surface area contributed by atoms with Crippen LogP contribution >= 0.6 is 0 Å². The fraction of sp³-hybridized carbons (Fsp3) is 0.625. The minimum Gasteiger partial charge on any atom is -0.465 e. The van der Waals surface area contributed by atoms with Crippen molar-refractivity contribution in [2.24, 2.45) is 5.92 Å². The first-order valence-electron chi connectivity index (χ1n) is 4.28. The van der Waals surface area contributed by atoms with Crippen molar-refractivity contribution in [2.45, 2.75) is 25.1 Å². The maximum absolute atomic E-state index is 12.4. The number of hydrogen-bond acceptors (Lipinski definition) is 3. The van der Waals surface area contributed by atoms with Crippen molar-refractivity contribution < 1.29 is 27.9 Å². The molecule has 0 aromatic heterocycles. The summed E-state index contributed by atoms with van der Waals surface area (Å²) in [6.45, 7) is 0. The van der Waals surface area contributed by atoms with E-state index in [2.05, 4.69) is 0 Å². The lowest BCUT2D eigenvalue weighted by atomic mass is 10.0. The molecule has 16 heavy (non-hydrogen) atoms. The molecule has 8 heteroatoms. The van der Waals surface area contributed by atoms with Gasteiger partial charge in [-0.05, 0) is 6.42 Å². The third-order valence-corrected chi connectivity index (χ3v) is 2.33. The van der Waals surface area contributed by atoms with E-state index in [9.17, 15) is 22.8 Å². The van der Waals surface area contributed by atoms with Gasteiger partial charge in [0.15, 0.2) is 0 Å². The molecule has 0 spiro atoms. The zero-order chi connectivity index (χ0) is 12.5. The molecule has 2 amide bonds. The van der Waals surface area contributed by atoms with Crippen LogP contribution < -0.4 is 0 Å². The number of carbonyl (C=O) groups is 2. The lowest BCUT2D eigenvalue weighted by molar-refractivity contribution is -0.175. The number of carbonyl (C=O) groups excluding carboxylic acids is 1. The van der Waals surface area contributed by atoms with E-state index in [4.69, 9.17) is 10.4 Å². The summed E-state index contributed by atoms with van der Waals surface area (Å²) in [5, 5.41) is 16.8. The molecule has 0 radical (unpaired) electrons. The molecule has 88 valence electrons. The van der Waals surface area contributed by atoms with E-state index in [0.29, 0.717) is 0 Å². The summed E-state index contributed by atoms with van der Waals surface area (Å²) < 4.78 is 37.3. The smallest absolute Gasteiger partial charge is 0.414 e. The Labute approximate surface area is 88.1 Å². The van der Waals surface area contributed by atoms with E-state index >= 15 is 0 Å². The van der Waals surface area contributed by atoms with Crippen LogP contribution in [0, 0.1) is 17.2 Å². The Hall–Kier alpha value is -1.78. The van der Waals surface area contributed by atoms with Crippen molar-refractivity contribution >= 4 is 12.0 Å². The Morgan fingerprint density at radius 2 is 2.19 bits per heavy atom. The number of likely N-dealkylation sites (tertiary alicyclic amines) is 1. The van der Waals surface area contributed by atoms with E-state index in [1.165, 1.54) is 0 Å². The molecule has 0 aliphatic carbocycles. The Bertz CT molecular complexity index is 361. The number of halogens is 3. The fourth-order valence-electron chi connectivity index (χ4n) is 1.61. The van der Waals surface area contributed by atoms with Crippen LogP contribution in [0.3, 0.4) is 0 Å². The van der Waals surface area contributed by atoms with Gasteiger partial charge in [-0.3, -0.25) is 4.79 Å². The predicted molar refractivity (Wildman–Crippen MR) is 43.1 cm³/mol. The molecule has 0 aromatic rings. The molecule has 0 bridgehead atoms. The summed E-state index contributed by atoms with van der Waals surface area (Å²) in [5.41, 5.74) is 0. The summed E-state index contributed by atoms with van der Waals surface area (Å²) in [7, 11) is 0. The number of amides is 2. The van der Waals surface area contributed by atoms with Gasteiger partial charge < -0.3 is 5.11 Å². The van der Waals surface area contributed by atoms with Crippen LogP contribution in [0.15, 0.2) is 0 Å². The highest BCUT2D eigenvalue weighted by molar-refractivity contribution is 5.95. The summed E-state index contributed by atoms with van der Waals surface area (Å²) >= 11 is 0. The number of nitriles is 1. The number of alkyl halides is 3. The number of hydrogen-bond donors (Lipinski definition) is 1. The third kappa shape index (κ3) is 2.08. The summed E-state index contributed by atoms with van der Waals surface area (Å²) in [4.78, 5) is 21.6. The maximum Gasteiger partial charge on any atom is 0.414 e. The minimum atomic E-state index is -4.79. The lowest BCUT2D eigenvalue weighted by Crippen LogP contribution is -2.46. The van der Waals surface area contributed by atoms with Crippen LogP contribution in [0.4, 0.5) is 18.0 Å². The summed E-state index contributed by atoms with van der Waals surface area (Å²) in [6.07, 6.45) is -7.82. The van der Waals surface area contributed by atoms with Gasteiger partial charge in [0, 0.05) is 6.42 Å². The van der Waals surface area contributed by atoms with E-state index in [1.54, 1.807) is 6.07 Å². The predicted octanol–water partition coefficient (Wildman–Crippen LogP) is 1.36. The van der Waals surface area contributed by atoms with Crippen LogP contribution in [-0.4, -0.2) is 34.2 Å². The van der Waals surface area contributed by atoms with Crippen molar-refractivity contribution in [3.05, 3.63) is 0 Å². The Morgan fingerprint density at radius 1 is 1.62 bits per heavy atom. The molecule has 1 fully saturated rings. The molecule has 1 aliphatic rings. The minimum absolute atomic E-state index is 0.234. The van der Waals surface area contributed by atoms with Gasteiger partial charge in [-0.2, -0.15) is 18.4 Å². The van der Waals surface area contributed by atoms with Gasteiger partial charge in [0.1, 0.15) is 6.04 Å². The van der Waals surface area contributed by atoms with E-state index in [1.807, 2.05) is 0 Å². The highest BCUT2D eigenvalue weighted by Crippen LogP contribution is 2.37. The SMILES string of the molecule is N#CCC1CC(C(F)(F)F)N(C(=O)O)C1=O. The van der Waals surface area contributed by atoms with Gasteiger partial charge in [-0.15, -0.1) is 0 Å². The standard InChI is InChI=1S/C8H7F3N2O3/c9-8(10,11)5-3-4(1-2-12)6(14)13(5)7(15)16/h4-5H,1,3H2,(H,15,16). The second-order valence-corrected chi connectivity index (χ2v) is 3.34. The van der Waals surface area contributed by atoms with E-state index in [-0.39, 0.29) is 4.90 Å². The van der Waals surface area contributed by atoms with E-state index in [0.717, 1.165) is 0 Å². The molecule has 5 nitrogen and oxygen atoms in total. The van der Waals surface area contributed by atoms with Gasteiger partial charge in [0.25, 0.3) is 0 Å². The van der Waals surface area contributed by atoms with Gasteiger partial charge in [0.05, 0.1) is 12.0 Å². The highest BCUT2D eigenvalue weighted by Gasteiger charge is 2.55. The molecule has 2 atom stereocenters. The van der Waals surface area contributed by atoms with Crippen molar-refractivity contribution in [3.8, 4) is 6.07 Å². The van der Waals surface area contributed by atoms with Gasteiger partial charge in [0.2, 0.25) is 5.91 Å². The highest BCUT2D eigenvalue weighted by atomic mass is 19.4. The molecular formula is C8H7F3N2O3. The number of rotatable bonds is 1. The third-order valence-electron chi connectivity index (χ3n) is 2.33. The van der Waals surface area contributed by atoms with Gasteiger partial charge >= 0.3 is 12.3 Å². The summed E-state index contributed by atoms with van der Waals surface area (Å²) in [5.74, 6) is -2.34. The average molecular weight is 236 g/mol. The van der Waals surface area contributed by atoms with Gasteiger partial charge in [-0.25, -0.2) is 9.69 Å². The Balaban J connectivity index is 2.99. The molecule has 1 rings (SSSR count). The lowest BCUT2D eigenvalue weighted by Gasteiger charge is -2.21. The van der Waals surface area contributed by atoms with Crippen molar-refractivity contribution in [3.63, 3.8) is 0 Å². The van der Waals surface area contributed by atoms with Crippen LogP contribution in [-0.2, 0) is 4.79 Å². The van der Waals surface area contributed by atoms with E-state index < -0.39 is 43.0 Å². The molecule has 1 aliphatic heterocycles. The molecule has 1 N–H and O–H groups in total. The normalized spacial score (nSPS) is 25.6. The zero-order valence-electron chi connectivity index (χ0n) is 7.86. The van der Waals surface area contributed by atoms with Gasteiger partial charge in [-0.1, -0.05) is 0 Å². The monoisotopic (exact) mass is 236 g/mol. The van der Waals surface area contributed by atoms with Crippen LogP contribution in [0.5, 0.6) is 0 Å². The molecule has 0 aromatic carbocycles. The molecule has 2 unspecified atom stereocenters. The Kier molecular flexibility index (Phi) is 3.07. The largest absolute Gasteiger partial charge is 0.465 e. The fourth-order valence-corrected chi connectivity index (χ4v) is 1.61. The molecular weight excluding hydrogens is 229 g/mol. The first-order valence-corrected chi connectivity index (χ1v) is 4.28. The second kappa shape index (κ2) is 4.00. The topological polar surface area (TPSA) is 81.4 Å². The number of nitrogens with zero attached hydrogens (tertiary/aromatic N) is 2. The zero-order valence-corrected chi connectivity index (χ0v) is 7.86. The second-order valence-electron chi connectivity index (χ2n) is 3.34. The molecule has 1 saturated heterocycles. The van der Waals surface area contributed by atoms with Crippen molar-refractivity contribution in [2.75, 3.05) is 0 Å². The van der Waals surface area contributed by atoms with Crippen LogP contribution in [0.1, 0.15) is 12.8 Å². The number of carboxylic acid groups (broad SMARTS) is 1. The molecule has 1 heterocycles. The molecule has 0 saturated carbocycles.